The number of benzene rings is 1. The third kappa shape index (κ3) is 6.26. The number of furan rings is 1. The topological polar surface area (TPSA) is 54.7 Å². The van der Waals surface area contributed by atoms with E-state index in [0.717, 1.165) is 56.1 Å². The van der Waals surface area contributed by atoms with Crippen LogP contribution in [0.2, 0.25) is 0 Å². The van der Waals surface area contributed by atoms with Gasteiger partial charge in [-0.1, -0.05) is 6.07 Å². The van der Waals surface area contributed by atoms with Gasteiger partial charge in [0.25, 0.3) is 0 Å². The second kappa shape index (κ2) is 11.6. The van der Waals surface area contributed by atoms with Gasteiger partial charge in [0.15, 0.2) is 12.0 Å². The Morgan fingerprint density at radius 3 is 2.87 bits per heavy atom. The van der Waals surface area contributed by atoms with Crippen molar-refractivity contribution in [3.63, 3.8) is 0 Å². The Labute approximate surface area is 183 Å². The molecule has 1 aromatic carbocycles. The average molecular weight is 437 g/mol. The van der Waals surface area contributed by atoms with Crippen molar-refractivity contribution < 1.29 is 22.7 Å². The highest BCUT2D eigenvalue weighted by Gasteiger charge is 2.23. The van der Waals surface area contributed by atoms with Gasteiger partial charge < -0.3 is 19.4 Å². The van der Waals surface area contributed by atoms with Crippen LogP contribution in [-0.4, -0.2) is 52.4 Å². The molecule has 0 spiro atoms. The number of rotatable bonds is 9. The largest absolute Gasteiger partial charge is 0.451 e. The van der Waals surface area contributed by atoms with Gasteiger partial charge in [0.2, 0.25) is 0 Å². The van der Waals surface area contributed by atoms with Crippen LogP contribution < -0.4 is 10.2 Å². The molecule has 5 nitrogen and oxygen atoms in total. The molecular formula is C24H34F2N2O3. The van der Waals surface area contributed by atoms with Gasteiger partial charge in [0, 0.05) is 31.6 Å². The summed E-state index contributed by atoms with van der Waals surface area (Å²) in [5.41, 5.74) is 1.86. The molecule has 1 aliphatic heterocycles. The number of fused-ring (bicyclic) bond motifs is 1. The number of aldehydes is 1. The second-order valence-electron chi connectivity index (χ2n) is 8.44. The summed E-state index contributed by atoms with van der Waals surface area (Å²) in [6.07, 6.45) is 2.90. The normalized spacial score (nSPS) is 21.3. The van der Waals surface area contributed by atoms with Gasteiger partial charge in [-0.2, -0.15) is 0 Å². The van der Waals surface area contributed by atoms with Gasteiger partial charge in [-0.05, 0) is 69.7 Å². The molecule has 2 heterocycles. The highest BCUT2D eigenvalue weighted by atomic mass is 19.1. The van der Waals surface area contributed by atoms with Crippen molar-refractivity contribution in [2.75, 3.05) is 44.8 Å². The molecule has 1 fully saturated rings. The van der Waals surface area contributed by atoms with Gasteiger partial charge >= 0.3 is 0 Å². The van der Waals surface area contributed by atoms with Crippen molar-refractivity contribution in [1.82, 2.24) is 5.32 Å². The van der Waals surface area contributed by atoms with Crippen LogP contribution >= 0.6 is 0 Å². The first-order valence-electron chi connectivity index (χ1n) is 11.3. The fourth-order valence-corrected chi connectivity index (χ4v) is 4.31. The third-order valence-corrected chi connectivity index (χ3v) is 6.12. The number of anilines is 1. The lowest BCUT2D eigenvalue weighted by Gasteiger charge is -2.27. The summed E-state index contributed by atoms with van der Waals surface area (Å²) in [6, 6.07) is 5.20. The minimum Gasteiger partial charge on any atom is -0.451 e. The van der Waals surface area contributed by atoms with Crippen LogP contribution in [0.5, 0.6) is 0 Å². The van der Waals surface area contributed by atoms with Gasteiger partial charge in [-0.15, -0.1) is 0 Å². The predicted molar refractivity (Wildman–Crippen MR) is 120 cm³/mol. The van der Waals surface area contributed by atoms with Crippen molar-refractivity contribution >= 4 is 22.9 Å². The predicted octanol–water partition coefficient (Wildman–Crippen LogP) is 5.24. The second-order valence-corrected chi connectivity index (χ2v) is 8.44. The molecule has 3 atom stereocenters. The molecule has 31 heavy (non-hydrogen) atoms. The van der Waals surface area contributed by atoms with Gasteiger partial charge in [0.05, 0.1) is 12.3 Å². The van der Waals surface area contributed by atoms with Crippen molar-refractivity contribution in [3.8, 4) is 0 Å². The van der Waals surface area contributed by atoms with Crippen LogP contribution in [0, 0.1) is 5.92 Å². The van der Waals surface area contributed by atoms with Crippen LogP contribution in [0.1, 0.15) is 61.3 Å². The summed E-state index contributed by atoms with van der Waals surface area (Å²) >= 11 is 0. The summed E-state index contributed by atoms with van der Waals surface area (Å²) in [6.45, 7) is 4.43. The lowest BCUT2D eigenvalue weighted by Crippen LogP contribution is -2.33. The Hall–Kier alpha value is -1.99. The van der Waals surface area contributed by atoms with E-state index in [1.807, 2.05) is 7.05 Å². The van der Waals surface area contributed by atoms with E-state index in [4.69, 9.17) is 9.15 Å². The van der Waals surface area contributed by atoms with E-state index >= 15 is 0 Å². The van der Waals surface area contributed by atoms with Gasteiger partial charge in [-0.25, -0.2) is 8.78 Å². The Bertz CT molecular complexity index is 840. The van der Waals surface area contributed by atoms with E-state index in [9.17, 15) is 13.6 Å². The van der Waals surface area contributed by atoms with Crippen molar-refractivity contribution in [1.29, 1.82) is 0 Å². The van der Waals surface area contributed by atoms with Crippen molar-refractivity contribution in [2.45, 2.75) is 51.4 Å². The van der Waals surface area contributed by atoms with Crippen LogP contribution in [0.25, 0.3) is 11.0 Å². The summed E-state index contributed by atoms with van der Waals surface area (Å²) in [4.78, 5) is 13.9. The Morgan fingerprint density at radius 1 is 1.29 bits per heavy atom. The third-order valence-electron chi connectivity index (χ3n) is 6.12. The van der Waals surface area contributed by atoms with Gasteiger partial charge in [-0.3, -0.25) is 4.79 Å². The smallest absolute Gasteiger partial charge is 0.191 e. The summed E-state index contributed by atoms with van der Waals surface area (Å²) < 4.78 is 39.0. The zero-order valence-corrected chi connectivity index (χ0v) is 18.5. The molecule has 0 bridgehead atoms. The average Bonchev–Trinajstić information content (AvgIpc) is 3.17. The van der Waals surface area contributed by atoms with Crippen LogP contribution in [-0.2, 0) is 4.74 Å². The van der Waals surface area contributed by atoms with E-state index < -0.39 is 12.3 Å². The Balaban J connectivity index is 1.84. The molecule has 1 saturated heterocycles. The zero-order valence-electron chi connectivity index (χ0n) is 18.5. The standard InChI is InChI=1S/C24H34F2N2O3/c1-17(25)19-6-8-22-21(14-19)24(23(15-29)31-22)28(12-10-27-2)11-9-18-4-3-13-30-16-20(26)7-5-18/h6,8,14-15,17-18,20,27H,3-5,7,9-13,16H2,1-2H3. The number of hydrogen-bond donors (Lipinski definition) is 1. The summed E-state index contributed by atoms with van der Waals surface area (Å²) in [5, 5.41) is 3.92. The summed E-state index contributed by atoms with van der Waals surface area (Å²) in [7, 11) is 1.88. The molecule has 172 valence electrons. The van der Waals surface area contributed by atoms with Crippen LogP contribution in [0.15, 0.2) is 22.6 Å². The molecule has 1 aliphatic rings. The molecule has 7 heteroatoms. The molecule has 0 amide bonds. The lowest BCUT2D eigenvalue weighted by atomic mass is 9.93. The fourth-order valence-electron chi connectivity index (χ4n) is 4.31. The maximum absolute atomic E-state index is 13.9. The van der Waals surface area contributed by atoms with E-state index in [2.05, 4.69) is 10.2 Å². The monoisotopic (exact) mass is 436 g/mol. The lowest BCUT2D eigenvalue weighted by molar-refractivity contribution is 0.0796. The first-order chi connectivity index (χ1) is 15.0. The van der Waals surface area contributed by atoms with Crippen molar-refractivity contribution in [2.24, 2.45) is 5.92 Å². The molecule has 3 unspecified atom stereocenters. The van der Waals surface area contributed by atoms with Crippen molar-refractivity contribution in [3.05, 3.63) is 29.5 Å². The van der Waals surface area contributed by atoms with E-state index in [-0.39, 0.29) is 12.4 Å². The number of nitrogens with zero attached hydrogens (tertiary/aromatic N) is 1. The molecule has 0 saturated carbocycles. The van der Waals surface area contributed by atoms with Crippen LogP contribution in [0.3, 0.4) is 0 Å². The minimum absolute atomic E-state index is 0.194. The fraction of sp³-hybridized carbons (Fsp3) is 0.625. The number of carbonyl (C=O) groups is 1. The number of nitrogens with one attached hydrogen (secondary N) is 1. The summed E-state index contributed by atoms with van der Waals surface area (Å²) in [5.74, 6) is 0.665. The minimum atomic E-state index is -1.10. The number of halogens is 2. The number of alkyl halides is 2. The van der Waals surface area contributed by atoms with Gasteiger partial charge in [0.1, 0.15) is 17.9 Å². The zero-order chi connectivity index (χ0) is 22.2. The number of ether oxygens (including phenoxy) is 1. The molecule has 0 radical (unpaired) electrons. The van der Waals surface area contributed by atoms with E-state index in [1.54, 1.807) is 18.2 Å². The highest BCUT2D eigenvalue weighted by molar-refractivity contribution is 6.00. The Morgan fingerprint density at radius 2 is 2.13 bits per heavy atom. The van der Waals surface area contributed by atoms with Crippen LogP contribution in [0.4, 0.5) is 14.5 Å². The molecule has 1 N–H and O–H groups in total. The highest BCUT2D eigenvalue weighted by Crippen LogP contribution is 2.36. The number of carbonyl (C=O) groups excluding carboxylic acids is 1. The maximum atomic E-state index is 13.9. The molecule has 1 aromatic heterocycles. The molecule has 3 rings (SSSR count). The van der Waals surface area contributed by atoms with E-state index in [0.29, 0.717) is 36.6 Å². The quantitative estimate of drug-likeness (QED) is 0.545. The number of hydrogen-bond acceptors (Lipinski definition) is 5. The molecule has 2 aromatic rings. The first kappa shape index (κ1) is 23.7. The van der Waals surface area contributed by atoms with E-state index in [1.165, 1.54) is 6.92 Å². The maximum Gasteiger partial charge on any atom is 0.191 e. The Kier molecular flexibility index (Phi) is 8.84. The number of likely N-dealkylation sites (N-methyl/N-ethyl adjacent to an activating group) is 1. The first-order valence-corrected chi connectivity index (χ1v) is 11.3. The SMILES string of the molecule is CNCCN(CCC1CCCOCC(F)CC1)c1c(C=O)oc2ccc(C(C)F)cc12. The molecular weight excluding hydrogens is 402 g/mol. The molecule has 0 aliphatic carbocycles.